The van der Waals surface area contributed by atoms with Crippen molar-refractivity contribution in [3.8, 4) is 34.0 Å². The van der Waals surface area contributed by atoms with Crippen molar-refractivity contribution in [3.63, 3.8) is 0 Å². The number of hydrogen-bond donors (Lipinski definition) is 3. The molecule has 15 nitrogen and oxygen atoms in total. The molecule has 0 spiro atoms. The molecule has 4 unspecified atom stereocenters. The SMILES string of the molecule is COC(=O)CC12CC1c1cc(OC)ccc1-c1c(C3CCCCC3)c3ccc(C(=O)O)cc3n1C2.COc1ccc2c(c1)C1CC1(CC(=O)O)Cn1c-2c(C2CCCCC2)c2ccc(C(=O)NS(=O)(=O)N(C)C)cc21. The number of esters is 1. The smallest absolute Gasteiger partial charge is 0.335 e. The van der Waals surface area contributed by atoms with Crippen LogP contribution >= 0.6 is 0 Å². The molecule has 6 aromatic rings. The number of aromatic carboxylic acids is 1. The maximum Gasteiger partial charge on any atom is 0.335 e. The molecule has 0 saturated heterocycles. The van der Waals surface area contributed by atoms with Crippen molar-refractivity contribution in [2.75, 3.05) is 35.4 Å². The van der Waals surface area contributed by atoms with Gasteiger partial charge in [-0.3, -0.25) is 14.4 Å². The van der Waals surface area contributed by atoms with E-state index in [1.54, 1.807) is 32.4 Å². The molecule has 75 heavy (non-hydrogen) atoms. The van der Waals surface area contributed by atoms with E-state index >= 15 is 0 Å². The van der Waals surface area contributed by atoms with Gasteiger partial charge in [0.15, 0.2) is 0 Å². The summed E-state index contributed by atoms with van der Waals surface area (Å²) in [7, 11) is 3.54. The van der Waals surface area contributed by atoms with Gasteiger partial charge in [0.1, 0.15) is 11.5 Å². The number of aromatic nitrogens is 2. The highest BCUT2D eigenvalue weighted by atomic mass is 32.2. The van der Waals surface area contributed by atoms with Crippen LogP contribution in [0.4, 0.5) is 0 Å². The van der Waals surface area contributed by atoms with Crippen molar-refractivity contribution in [1.29, 1.82) is 0 Å². The Labute approximate surface area is 437 Å². The van der Waals surface area contributed by atoms with Crippen molar-refractivity contribution in [2.24, 2.45) is 10.8 Å². The zero-order valence-electron chi connectivity index (χ0n) is 43.4. The Morgan fingerprint density at radius 2 is 1.11 bits per heavy atom. The van der Waals surface area contributed by atoms with Crippen LogP contribution in [0.5, 0.6) is 11.5 Å². The third-order valence-electron chi connectivity index (χ3n) is 17.8. The van der Waals surface area contributed by atoms with Gasteiger partial charge in [-0.1, -0.05) is 50.7 Å². The van der Waals surface area contributed by atoms with Crippen LogP contribution in [-0.4, -0.2) is 91.3 Å². The van der Waals surface area contributed by atoms with E-state index in [1.165, 1.54) is 74.8 Å². The quantitative estimate of drug-likeness (QED) is 0.0987. The molecular formula is C59H66N4O11S. The van der Waals surface area contributed by atoms with Crippen LogP contribution in [0.1, 0.15) is 157 Å². The van der Waals surface area contributed by atoms with Gasteiger partial charge in [0.05, 0.1) is 51.1 Å². The number of rotatable bonds is 12. The first-order valence-corrected chi connectivity index (χ1v) is 27.9. The first kappa shape index (κ1) is 50.5. The van der Waals surface area contributed by atoms with Gasteiger partial charge in [-0.2, -0.15) is 12.7 Å². The summed E-state index contributed by atoms with van der Waals surface area (Å²) < 4.78 is 48.7. The average molecular weight is 1040 g/mol. The zero-order chi connectivity index (χ0) is 52.7. The third-order valence-corrected chi connectivity index (χ3v) is 19.2. The van der Waals surface area contributed by atoms with E-state index in [-0.39, 0.29) is 35.2 Å². The van der Waals surface area contributed by atoms with E-state index in [9.17, 15) is 37.8 Å². The number of aliphatic carboxylic acids is 1. The highest BCUT2D eigenvalue weighted by Crippen LogP contribution is 2.68. The Morgan fingerprint density at radius 1 is 0.640 bits per heavy atom. The number of nitrogens with zero attached hydrogens (tertiary/aromatic N) is 3. The van der Waals surface area contributed by atoms with Crippen LogP contribution in [0.15, 0.2) is 72.8 Å². The first-order valence-electron chi connectivity index (χ1n) is 26.5. The van der Waals surface area contributed by atoms with Crippen molar-refractivity contribution in [2.45, 2.75) is 127 Å². The summed E-state index contributed by atoms with van der Waals surface area (Å²) in [5, 5.41) is 21.8. The van der Waals surface area contributed by atoms with Gasteiger partial charge in [-0.25, -0.2) is 9.52 Å². The lowest BCUT2D eigenvalue weighted by atomic mass is 9.81. The van der Waals surface area contributed by atoms with E-state index in [1.807, 2.05) is 30.3 Å². The van der Waals surface area contributed by atoms with Crippen LogP contribution in [-0.2, 0) is 37.6 Å². The number of amides is 1. The van der Waals surface area contributed by atoms with Gasteiger partial charge in [-0.05, 0) is 145 Å². The molecule has 4 saturated carbocycles. The molecule has 4 atom stereocenters. The summed E-state index contributed by atoms with van der Waals surface area (Å²) in [5.74, 6) is 0.0501. The third kappa shape index (κ3) is 8.84. The Morgan fingerprint density at radius 3 is 1.55 bits per heavy atom. The van der Waals surface area contributed by atoms with Gasteiger partial charge in [0.25, 0.3) is 5.91 Å². The predicted octanol–water partition coefficient (Wildman–Crippen LogP) is 11.0. The standard InChI is InChI=1S/C30H35N3O6S.C29H31NO5/c1-32(2)40(37,38)31-29(36)19-9-11-22-25(13-19)33-17-30(16-26(34)35)15-24(30)23-14-20(39-3)10-12-21(23)28(33)27(22)18-7-5-4-6-8-18;1-34-19-9-11-20-22(13-19)23-14-29(23,15-25(31)35-2)16-30-24-12-18(28(32)33)8-10-21(24)26(27(20)30)17-6-4-3-5-7-17/h9-14,18,24H,4-8,15-17H2,1-3H3,(H,31,36)(H,34,35);8-13,17,23H,3-7,14-16H2,1-2H3,(H,32,33). The number of carboxylic acid groups (broad SMARTS) is 2. The fraction of sp³-hybridized carbons (Fsp3) is 0.458. The molecule has 394 valence electrons. The Hall–Kier alpha value is -6.65. The highest BCUT2D eigenvalue weighted by molar-refractivity contribution is 7.87. The van der Waals surface area contributed by atoms with Gasteiger partial charge >= 0.3 is 28.1 Å². The topological polar surface area (TPSA) is 196 Å². The number of methoxy groups -OCH3 is 3. The molecule has 1 amide bonds. The second kappa shape index (κ2) is 19.2. The summed E-state index contributed by atoms with van der Waals surface area (Å²) in [6.07, 6.45) is 13.7. The van der Waals surface area contributed by atoms with Crippen molar-refractivity contribution in [1.82, 2.24) is 18.2 Å². The molecule has 2 aromatic heterocycles. The molecule has 16 heteroatoms. The number of hydrogen-bond acceptors (Lipinski definition) is 9. The molecule has 0 bridgehead atoms. The maximum atomic E-state index is 13.1. The first-order chi connectivity index (χ1) is 36.0. The van der Waals surface area contributed by atoms with Crippen molar-refractivity contribution in [3.05, 3.63) is 106 Å². The average Bonchev–Trinajstić information content (AvgIpc) is 4.26. The van der Waals surface area contributed by atoms with Crippen molar-refractivity contribution < 1.29 is 52.0 Å². The minimum absolute atomic E-state index is 0.0491. The lowest BCUT2D eigenvalue weighted by molar-refractivity contribution is -0.142. The normalized spacial score (nSPS) is 22.6. The summed E-state index contributed by atoms with van der Waals surface area (Å²) in [6.45, 7) is 1.19. The zero-order valence-corrected chi connectivity index (χ0v) is 44.2. The molecule has 0 radical (unpaired) electrons. The van der Waals surface area contributed by atoms with E-state index in [4.69, 9.17) is 14.2 Å². The summed E-state index contributed by atoms with van der Waals surface area (Å²) in [4.78, 5) is 49.5. The van der Waals surface area contributed by atoms with Crippen molar-refractivity contribution >= 4 is 55.8 Å². The second-order valence-corrected chi connectivity index (χ2v) is 24.2. The largest absolute Gasteiger partial charge is 0.497 e. The minimum atomic E-state index is -3.96. The molecular weight excluding hydrogens is 973 g/mol. The highest BCUT2D eigenvalue weighted by Gasteiger charge is 2.60. The summed E-state index contributed by atoms with van der Waals surface area (Å²) in [5.41, 5.74) is 11.2. The number of ether oxygens (including phenoxy) is 3. The minimum Gasteiger partial charge on any atom is -0.497 e. The number of carboxylic acids is 2. The summed E-state index contributed by atoms with van der Waals surface area (Å²) in [6, 6.07) is 23.4. The van der Waals surface area contributed by atoms with Crippen LogP contribution < -0.4 is 14.2 Å². The molecule has 4 fully saturated rings. The number of carbonyl (C=O) groups excluding carboxylic acids is 2. The Kier molecular flexibility index (Phi) is 12.9. The molecule has 4 aromatic carbocycles. The maximum absolute atomic E-state index is 13.1. The lowest BCUT2D eigenvalue weighted by Crippen LogP contribution is -2.39. The molecule has 12 rings (SSSR count). The number of fused-ring (bicyclic) bond motifs is 14. The van der Waals surface area contributed by atoms with E-state index in [2.05, 4.69) is 38.1 Å². The second-order valence-electron chi connectivity index (χ2n) is 22.3. The van der Waals surface area contributed by atoms with Crippen LogP contribution in [0.25, 0.3) is 44.3 Å². The number of nitrogens with one attached hydrogen (secondary N) is 1. The van der Waals surface area contributed by atoms with Crippen LogP contribution in [0, 0.1) is 10.8 Å². The fourth-order valence-corrected chi connectivity index (χ4v) is 14.4. The molecule has 4 heterocycles. The van der Waals surface area contributed by atoms with Gasteiger partial charge in [-0.15, -0.1) is 0 Å². The number of carbonyl (C=O) groups is 4. The molecule has 4 aliphatic carbocycles. The number of benzene rings is 4. The summed E-state index contributed by atoms with van der Waals surface area (Å²) >= 11 is 0. The van der Waals surface area contributed by atoms with Crippen LogP contribution in [0.3, 0.4) is 0 Å². The van der Waals surface area contributed by atoms with Gasteiger partial charge in [0, 0.05) is 76.5 Å². The van der Waals surface area contributed by atoms with E-state index in [0.29, 0.717) is 36.9 Å². The molecule has 2 aliphatic heterocycles. The molecule has 6 aliphatic rings. The Balaban J connectivity index is 0.000000162. The van der Waals surface area contributed by atoms with E-state index < -0.39 is 33.5 Å². The Bertz CT molecular complexity index is 3440. The fourth-order valence-electron chi connectivity index (χ4n) is 13.9. The van der Waals surface area contributed by atoms with Gasteiger partial charge in [0.2, 0.25) is 0 Å². The molecule has 3 N–H and O–H groups in total. The predicted molar refractivity (Wildman–Crippen MR) is 285 cm³/mol. The lowest BCUT2D eigenvalue weighted by Gasteiger charge is -2.24. The van der Waals surface area contributed by atoms with Gasteiger partial charge < -0.3 is 33.6 Å². The van der Waals surface area contributed by atoms with E-state index in [0.717, 1.165) is 106 Å². The monoisotopic (exact) mass is 1040 g/mol. The van der Waals surface area contributed by atoms with Crippen LogP contribution in [0.2, 0.25) is 0 Å².